The van der Waals surface area contributed by atoms with Crippen LogP contribution in [0.5, 0.6) is 0 Å². The lowest BCUT2D eigenvalue weighted by molar-refractivity contribution is 0.0928. The van der Waals surface area contributed by atoms with E-state index in [4.69, 9.17) is 10.00 Å². The predicted octanol–water partition coefficient (Wildman–Crippen LogP) is 2.87. The number of rotatable bonds is 10. The maximum atomic E-state index is 9.00. The highest BCUT2D eigenvalue weighted by atomic mass is 16.5. The Labute approximate surface area is 100 Å². The minimum absolute atomic E-state index is 0.477. The monoisotopic (exact) mass is 226 g/mol. The van der Waals surface area contributed by atoms with Gasteiger partial charge in [0.15, 0.2) is 0 Å². The second kappa shape index (κ2) is 9.62. The highest BCUT2D eigenvalue weighted by Gasteiger charge is 2.21. The Morgan fingerprint density at radius 3 is 2.44 bits per heavy atom. The Morgan fingerprint density at radius 2 is 1.88 bits per heavy atom. The minimum atomic E-state index is -0.530. The quantitative estimate of drug-likeness (QED) is 0.583. The van der Waals surface area contributed by atoms with Crippen molar-refractivity contribution in [1.29, 1.82) is 5.26 Å². The van der Waals surface area contributed by atoms with Crippen molar-refractivity contribution >= 4 is 0 Å². The number of unbranched alkanes of at least 4 members (excludes halogenated alkanes) is 4. The third-order valence-electron chi connectivity index (χ3n) is 2.60. The predicted molar refractivity (Wildman–Crippen MR) is 67.3 cm³/mol. The highest BCUT2D eigenvalue weighted by molar-refractivity contribution is 5.03. The van der Waals surface area contributed by atoms with E-state index < -0.39 is 5.54 Å². The molecular weight excluding hydrogens is 200 g/mol. The summed E-state index contributed by atoms with van der Waals surface area (Å²) in [5, 5.41) is 12.1. The first-order chi connectivity index (χ1) is 7.68. The molecule has 0 aromatic carbocycles. The molecule has 0 rings (SSSR count). The van der Waals surface area contributed by atoms with E-state index >= 15 is 0 Å². The third kappa shape index (κ3) is 7.67. The lowest BCUT2D eigenvalue weighted by Crippen LogP contribution is -2.45. The minimum Gasteiger partial charge on any atom is -0.378 e. The van der Waals surface area contributed by atoms with E-state index in [1.165, 1.54) is 25.7 Å². The number of hydrogen-bond acceptors (Lipinski definition) is 3. The summed E-state index contributed by atoms with van der Waals surface area (Å²) in [6.45, 7) is 8.14. The molecule has 0 radical (unpaired) electrons. The van der Waals surface area contributed by atoms with Crippen LogP contribution in [0.15, 0.2) is 0 Å². The number of likely N-dealkylation sites (N-methyl/N-ethyl adjacent to an activating group) is 1. The third-order valence-corrected chi connectivity index (χ3v) is 2.60. The first-order valence-corrected chi connectivity index (χ1v) is 6.42. The van der Waals surface area contributed by atoms with Crippen molar-refractivity contribution in [1.82, 2.24) is 5.32 Å². The summed E-state index contributed by atoms with van der Waals surface area (Å²) >= 11 is 0. The molecule has 0 spiro atoms. The van der Waals surface area contributed by atoms with Gasteiger partial charge in [-0.3, -0.25) is 5.32 Å². The van der Waals surface area contributed by atoms with Crippen LogP contribution in [0.3, 0.4) is 0 Å². The first kappa shape index (κ1) is 15.4. The van der Waals surface area contributed by atoms with Gasteiger partial charge >= 0.3 is 0 Å². The summed E-state index contributed by atoms with van der Waals surface area (Å²) in [5.41, 5.74) is -0.530. The zero-order valence-corrected chi connectivity index (χ0v) is 11.0. The van der Waals surface area contributed by atoms with E-state index in [1.54, 1.807) is 0 Å². The lowest BCUT2D eigenvalue weighted by Gasteiger charge is -2.22. The first-order valence-electron chi connectivity index (χ1n) is 6.42. The molecule has 0 aliphatic carbocycles. The summed E-state index contributed by atoms with van der Waals surface area (Å²) in [4.78, 5) is 0. The maximum Gasteiger partial charge on any atom is 0.127 e. The number of nitrogens with zero attached hydrogens (tertiary/aromatic N) is 1. The molecule has 3 heteroatoms. The Balaban J connectivity index is 3.46. The van der Waals surface area contributed by atoms with E-state index in [2.05, 4.69) is 18.3 Å². The Kier molecular flexibility index (Phi) is 9.27. The van der Waals surface area contributed by atoms with Gasteiger partial charge in [0.05, 0.1) is 12.7 Å². The second-order valence-corrected chi connectivity index (χ2v) is 4.44. The average molecular weight is 226 g/mol. The number of hydrogen-bond donors (Lipinski definition) is 1. The zero-order chi connectivity index (χ0) is 12.3. The van der Waals surface area contributed by atoms with Crippen LogP contribution in [0.25, 0.3) is 0 Å². The van der Waals surface area contributed by atoms with Gasteiger partial charge in [-0.25, -0.2) is 0 Å². The van der Waals surface area contributed by atoms with Gasteiger partial charge in [0, 0.05) is 6.61 Å². The molecule has 0 aromatic heterocycles. The summed E-state index contributed by atoms with van der Waals surface area (Å²) in [5.74, 6) is 0. The Hall–Kier alpha value is -0.590. The van der Waals surface area contributed by atoms with Crippen molar-refractivity contribution in [2.24, 2.45) is 0 Å². The number of ether oxygens (including phenoxy) is 1. The molecule has 0 fully saturated rings. The van der Waals surface area contributed by atoms with Crippen LogP contribution in [0.4, 0.5) is 0 Å². The Bertz CT molecular complexity index is 201. The smallest absolute Gasteiger partial charge is 0.127 e. The van der Waals surface area contributed by atoms with Gasteiger partial charge in [0.25, 0.3) is 0 Å². The van der Waals surface area contributed by atoms with Crippen molar-refractivity contribution in [2.75, 3.05) is 19.8 Å². The molecule has 0 bridgehead atoms. The van der Waals surface area contributed by atoms with Gasteiger partial charge in [-0.1, -0.05) is 39.5 Å². The summed E-state index contributed by atoms with van der Waals surface area (Å²) in [6.07, 6.45) is 6.22. The molecule has 94 valence electrons. The van der Waals surface area contributed by atoms with E-state index in [9.17, 15) is 0 Å². The molecule has 0 saturated heterocycles. The molecule has 16 heavy (non-hydrogen) atoms. The van der Waals surface area contributed by atoms with Crippen LogP contribution in [-0.4, -0.2) is 25.3 Å². The van der Waals surface area contributed by atoms with Gasteiger partial charge < -0.3 is 4.74 Å². The van der Waals surface area contributed by atoms with Crippen LogP contribution >= 0.6 is 0 Å². The SMILES string of the molecule is CCCCCCCOCC(C)(C#N)NCC. The number of nitrogens with one attached hydrogen (secondary N) is 1. The van der Waals surface area contributed by atoms with Crippen molar-refractivity contribution in [2.45, 2.75) is 58.4 Å². The molecule has 0 amide bonds. The topological polar surface area (TPSA) is 45.0 Å². The fourth-order valence-electron chi connectivity index (χ4n) is 1.60. The standard InChI is InChI=1S/C13H26N2O/c1-4-6-7-8-9-10-16-12-13(3,11-14)15-5-2/h15H,4-10,12H2,1-3H3. The Morgan fingerprint density at radius 1 is 1.19 bits per heavy atom. The van der Waals surface area contributed by atoms with Gasteiger partial charge in [0.1, 0.15) is 5.54 Å². The number of nitriles is 1. The van der Waals surface area contributed by atoms with Gasteiger partial charge in [-0.05, 0) is 19.9 Å². The average Bonchev–Trinajstić information content (AvgIpc) is 2.28. The van der Waals surface area contributed by atoms with Gasteiger partial charge in [-0.2, -0.15) is 5.26 Å². The molecular formula is C13H26N2O. The molecule has 1 N–H and O–H groups in total. The van der Waals surface area contributed by atoms with Crippen LogP contribution < -0.4 is 5.32 Å². The summed E-state index contributed by atoms with van der Waals surface area (Å²) in [6, 6.07) is 2.25. The fourth-order valence-corrected chi connectivity index (χ4v) is 1.60. The molecule has 0 aliphatic heterocycles. The van der Waals surface area contributed by atoms with Gasteiger partial charge in [0.2, 0.25) is 0 Å². The molecule has 0 saturated carbocycles. The molecule has 0 aromatic rings. The molecule has 3 nitrogen and oxygen atoms in total. The molecule has 1 atom stereocenters. The normalized spacial score (nSPS) is 14.4. The summed E-state index contributed by atoms with van der Waals surface area (Å²) < 4.78 is 5.54. The van der Waals surface area contributed by atoms with Crippen LogP contribution in [0, 0.1) is 11.3 Å². The molecule has 0 aliphatic rings. The van der Waals surface area contributed by atoms with E-state index in [1.807, 2.05) is 13.8 Å². The van der Waals surface area contributed by atoms with Crippen LogP contribution in [-0.2, 0) is 4.74 Å². The van der Waals surface area contributed by atoms with E-state index in [0.717, 1.165) is 19.6 Å². The van der Waals surface area contributed by atoms with Crippen molar-refractivity contribution in [3.8, 4) is 6.07 Å². The summed E-state index contributed by atoms with van der Waals surface area (Å²) in [7, 11) is 0. The van der Waals surface area contributed by atoms with Crippen molar-refractivity contribution < 1.29 is 4.74 Å². The lowest BCUT2D eigenvalue weighted by atomic mass is 10.1. The van der Waals surface area contributed by atoms with Crippen molar-refractivity contribution in [3.63, 3.8) is 0 Å². The largest absolute Gasteiger partial charge is 0.378 e. The van der Waals surface area contributed by atoms with Gasteiger partial charge in [-0.15, -0.1) is 0 Å². The zero-order valence-electron chi connectivity index (χ0n) is 11.0. The maximum absolute atomic E-state index is 9.00. The van der Waals surface area contributed by atoms with E-state index in [0.29, 0.717) is 6.61 Å². The highest BCUT2D eigenvalue weighted by Crippen LogP contribution is 2.05. The molecule has 0 heterocycles. The van der Waals surface area contributed by atoms with E-state index in [-0.39, 0.29) is 0 Å². The van der Waals surface area contributed by atoms with Crippen molar-refractivity contribution in [3.05, 3.63) is 0 Å². The fraction of sp³-hybridized carbons (Fsp3) is 0.923. The second-order valence-electron chi connectivity index (χ2n) is 4.44. The molecule has 1 unspecified atom stereocenters. The van der Waals surface area contributed by atoms with Crippen LogP contribution in [0.1, 0.15) is 52.9 Å². The van der Waals surface area contributed by atoms with Crippen LogP contribution in [0.2, 0.25) is 0 Å².